The van der Waals surface area contributed by atoms with E-state index in [-0.39, 0.29) is 23.1 Å². The summed E-state index contributed by atoms with van der Waals surface area (Å²) in [5, 5.41) is 2.33. The van der Waals surface area contributed by atoms with Crippen LogP contribution in [0.4, 0.5) is 8.78 Å². The first-order valence-electron chi connectivity index (χ1n) is 8.78. The molecule has 1 N–H and O–H groups in total. The van der Waals surface area contributed by atoms with Crippen LogP contribution < -0.4 is 10.1 Å². The van der Waals surface area contributed by atoms with Crippen molar-refractivity contribution in [1.82, 2.24) is 9.62 Å². The lowest BCUT2D eigenvalue weighted by Crippen LogP contribution is -2.35. The molecule has 1 aromatic heterocycles. The van der Waals surface area contributed by atoms with Crippen molar-refractivity contribution in [3.05, 3.63) is 47.7 Å². The SMILES string of the molecule is O=C(NCc1ccc(OC(F)F)cc1)c1ccc(S(=O)(=O)N2CCCCC2)o1. The fourth-order valence-corrected chi connectivity index (χ4v) is 4.30. The van der Waals surface area contributed by atoms with Crippen molar-refractivity contribution in [3.63, 3.8) is 0 Å². The van der Waals surface area contributed by atoms with E-state index in [0.29, 0.717) is 18.7 Å². The van der Waals surface area contributed by atoms with E-state index in [9.17, 15) is 22.0 Å². The molecule has 1 amide bonds. The molecule has 1 aliphatic heterocycles. The number of carbonyl (C=O) groups is 1. The fourth-order valence-electron chi connectivity index (χ4n) is 2.87. The van der Waals surface area contributed by atoms with Gasteiger partial charge in [-0.3, -0.25) is 4.79 Å². The molecule has 2 heterocycles. The lowest BCUT2D eigenvalue weighted by molar-refractivity contribution is -0.0498. The van der Waals surface area contributed by atoms with Gasteiger partial charge >= 0.3 is 6.61 Å². The van der Waals surface area contributed by atoms with Crippen molar-refractivity contribution in [2.45, 2.75) is 37.5 Å². The van der Waals surface area contributed by atoms with Gasteiger partial charge in [-0.1, -0.05) is 18.6 Å². The molecule has 0 radical (unpaired) electrons. The molecule has 3 rings (SSSR count). The molecular formula is C18H20F2N2O5S. The molecule has 2 aromatic rings. The molecule has 0 bridgehead atoms. The topological polar surface area (TPSA) is 88.8 Å². The standard InChI is InChI=1S/C18H20F2N2O5S/c19-18(20)26-14-6-4-13(5-7-14)12-21-17(23)15-8-9-16(27-15)28(24,25)22-10-2-1-3-11-22/h4-9,18H,1-3,10-12H2,(H,21,23). The van der Waals surface area contributed by atoms with Gasteiger partial charge in [0.15, 0.2) is 5.76 Å². The number of amides is 1. The molecule has 7 nitrogen and oxygen atoms in total. The van der Waals surface area contributed by atoms with Crippen LogP contribution >= 0.6 is 0 Å². The van der Waals surface area contributed by atoms with Crippen LogP contribution in [0.25, 0.3) is 0 Å². The van der Waals surface area contributed by atoms with E-state index in [1.807, 2.05) is 0 Å². The maximum absolute atomic E-state index is 12.5. The quantitative estimate of drug-likeness (QED) is 0.753. The highest BCUT2D eigenvalue weighted by molar-refractivity contribution is 7.89. The number of carbonyl (C=O) groups excluding carboxylic acids is 1. The summed E-state index contributed by atoms with van der Waals surface area (Å²) in [7, 11) is -3.75. The first kappa shape index (κ1) is 20.3. The number of sulfonamides is 1. The Bertz CT molecular complexity index is 906. The van der Waals surface area contributed by atoms with Crippen LogP contribution in [0.1, 0.15) is 35.4 Å². The van der Waals surface area contributed by atoms with E-state index in [2.05, 4.69) is 10.1 Å². The zero-order valence-electron chi connectivity index (χ0n) is 14.9. The van der Waals surface area contributed by atoms with Crippen molar-refractivity contribution in [2.24, 2.45) is 0 Å². The van der Waals surface area contributed by atoms with Crippen LogP contribution in [0.3, 0.4) is 0 Å². The minimum Gasteiger partial charge on any atom is -0.438 e. The van der Waals surface area contributed by atoms with E-state index in [0.717, 1.165) is 19.3 Å². The molecule has 1 fully saturated rings. The number of hydrogen-bond acceptors (Lipinski definition) is 5. The van der Waals surface area contributed by atoms with E-state index in [1.165, 1.54) is 40.7 Å². The molecule has 1 aromatic carbocycles. The fraction of sp³-hybridized carbons (Fsp3) is 0.389. The average Bonchev–Trinajstić information content (AvgIpc) is 3.19. The predicted molar refractivity (Wildman–Crippen MR) is 95.6 cm³/mol. The van der Waals surface area contributed by atoms with E-state index in [1.54, 1.807) is 0 Å². The molecule has 1 aliphatic rings. The third-order valence-electron chi connectivity index (χ3n) is 4.32. The zero-order valence-corrected chi connectivity index (χ0v) is 15.8. The first-order chi connectivity index (χ1) is 13.4. The summed E-state index contributed by atoms with van der Waals surface area (Å²) in [5.41, 5.74) is 0.655. The zero-order chi connectivity index (χ0) is 20.1. The largest absolute Gasteiger partial charge is 0.438 e. The van der Waals surface area contributed by atoms with Crippen molar-refractivity contribution >= 4 is 15.9 Å². The lowest BCUT2D eigenvalue weighted by atomic mass is 10.2. The monoisotopic (exact) mass is 414 g/mol. The normalized spacial score (nSPS) is 15.5. The van der Waals surface area contributed by atoms with Crippen LogP contribution in [0.2, 0.25) is 0 Å². The van der Waals surface area contributed by atoms with Crippen LogP contribution in [-0.4, -0.2) is 38.3 Å². The Hall–Kier alpha value is -2.46. The smallest absolute Gasteiger partial charge is 0.387 e. The van der Waals surface area contributed by atoms with Gasteiger partial charge in [-0.25, -0.2) is 8.42 Å². The predicted octanol–water partition coefficient (Wildman–Crippen LogP) is 2.99. The Labute approximate surface area is 161 Å². The summed E-state index contributed by atoms with van der Waals surface area (Å²) in [6, 6.07) is 8.38. The van der Waals surface area contributed by atoms with Gasteiger partial charge < -0.3 is 14.5 Å². The van der Waals surface area contributed by atoms with Gasteiger partial charge in [0, 0.05) is 19.6 Å². The number of piperidine rings is 1. The Morgan fingerprint density at radius 3 is 2.43 bits per heavy atom. The second kappa shape index (κ2) is 8.70. The highest BCUT2D eigenvalue weighted by atomic mass is 32.2. The molecule has 152 valence electrons. The van der Waals surface area contributed by atoms with Gasteiger partial charge in [0.1, 0.15) is 5.75 Å². The Morgan fingerprint density at radius 1 is 1.11 bits per heavy atom. The molecule has 1 saturated heterocycles. The highest BCUT2D eigenvalue weighted by Crippen LogP contribution is 2.22. The number of nitrogens with zero attached hydrogens (tertiary/aromatic N) is 1. The highest BCUT2D eigenvalue weighted by Gasteiger charge is 2.29. The number of alkyl halides is 2. The average molecular weight is 414 g/mol. The van der Waals surface area contributed by atoms with Gasteiger partial charge in [0.2, 0.25) is 5.09 Å². The van der Waals surface area contributed by atoms with Crippen LogP contribution in [-0.2, 0) is 16.6 Å². The van der Waals surface area contributed by atoms with Gasteiger partial charge in [-0.2, -0.15) is 13.1 Å². The molecular weight excluding hydrogens is 394 g/mol. The number of ether oxygens (including phenoxy) is 1. The lowest BCUT2D eigenvalue weighted by Gasteiger charge is -2.24. The van der Waals surface area contributed by atoms with Gasteiger partial charge in [-0.15, -0.1) is 0 Å². The second-order valence-corrected chi connectivity index (χ2v) is 8.16. The van der Waals surface area contributed by atoms with Crippen molar-refractivity contribution in [3.8, 4) is 5.75 Å². The molecule has 0 saturated carbocycles. The van der Waals surface area contributed by atoms with Crippen molar-refractivity contribution in [2.75, 3.05) is 13.1 Å². The van der Waals surface area contributed by atoms with Crippen LogP contribution in [0.15, 0.2) is 45.9 Å². The molecule has 0 aliphatic carbocycles. The van der Waals surface area contributed by atoms with E-state index in [4.69, 9.17) is 4.42 Å². The molecule has 0 spiro atoms. The number of rotatable bonds is 7. The Morgan fingerprint density at radius 2 is 1.79 bits per heavy atom. The number of nitrogens with one attached hydrogen (secondary N) is 1. The summed E-state index contributed by atoms with van der Waals surface area (Å²) in [4.78, 5) is 12.2. The van der Waals surface area contributed by atoms with Crippen LogP contribution in [0.5, 0.6) is 5.75 Å². The van der Waals surface area contributed by atoms with Gasteiger partial charge in [-0.05, 0) is 42.7 Å². The number of halogens is 2. The Balaban J connectivity index is 1.59. The summed E-state index contributed by atoms with van der Waals surface area (Å²) in [5.74, 6) is -0.676. The second-order valence-electron chi connectivity index (χ2n) is 6.29. The van der Waals surface area contributed by atoms with Gasteiger partial charge in [0.05, 0.1) is 0 Å². The van der Waals surface area contributed by atoms with Crippen molar-refractivity contribution in [1.29, 1.82) is 0 Å². The Kier molecular flexibility index (Phi) is 6.30. The summed E-state index contributed by atoms with van der Waals surface area (Å²) >= 11 is 0. The molecule has 0 atom stereocenters. The summed E-state index contributed by atoms with van der Waals surface area (Å²) < 4.78 is 60.2. The number of hydrogen-bond donors (Lipinski definition) is 1. The van der Waals surface area contributed by atoms with Gasteiger partial charge in [0.25, 0.3) is 15.9 Å². The molecule has 28 heavy (non-hydrogen) atoms. The first-order valence-corrected chi connectivity index (χ1v) is 10.2. The summed E-state index contributed by atoms with van der Waals surface area (Å²) in [6.45, 7) is -1.91. The van der Waals surface area contributed by atoms with Crippen molar-refractivity contribution < 1.29 is 31.1 Å². The minimum absolute atomic E-state index is 0.0173. The van der Waals surface area contributed by atoms with Crippen LogP contribution in [0, 0.1) is 0 Å². The third kappa shape index (κ3) is 4.87. The number of furan rings is 1. The maximum atomic E-state index is 12.5. The number of benzene rings is 1. The summed E-state index contributed by atoms with van der Waals surface area (Å²) in [6.07, 6.45) is 2.59. The third-order valence-corrected chi connectivity index (χ3v) is 6.09. The van der Waals surface area contributed by atoms with E-state index < -0.39 is 22.5 Å². The maximum Gasteiger partial charge on any atom is 0.387 e. The molecule has 0 unspecified atom stereocenters. The minimum atomic E-state index is -3.75. The van der Waals surface area contributed by atoms with E-state index >= 15 is 0 Å². The molecule has 10 heteroatoms.